The Labute approximate surface area is 127 Å². The van der Waals surface area contributed by atoms with Gasteiger partial charge in [0.2, 0.25) is 0 Å². The first-order valence-electron chi connectivity index (χ1n) is 6.84. The third-order valence-electron chi connectivity index (χ3n) is 3.95. The Hall–Kier alpha value is -1.32. The van der Waals surface area contributed by atoms with Gasteiger partial charge in [0.05, 0.1) is 6.10 Å². The molecule has 1 aliphatic rings. The van der Waals surface area contributed by atoms with Crippen LogP contribution in [0.5, 0.6) is 5.75 Å². The summed E-state index contributed by atoms with van der Waals surface area (Å²) in [6.45, 7) is 2.15. The number of fused-ring (bicyclic) bond motifs is 1. The van der Waals surface area contributed by atoms with Crippen LogP contribution < -0.4 is 4.74 Å². The van der Waals surface area contributed by atoms with Gasteiger partial charge >= 0.3 is 0 Å². The lowest BCUT2D eigenvalue weighted by Gasteiger charge is -2.33. The van der Waals surface area contributed by atoms with Crippen molar-refractivity contribution < 1.29 is 9.84 Å². The SMILES string of the molecule is CC(c1ccccc1)C1C[C@@H](O)c2cc(Br)ccc2O1. The minimum atomic E-state index is -0.465. The minimum Gasteiger partial charge on any atom is -0.489 e. The molecule has 0 saturated heterocycles. The first-order chi connectivity index (χ1) is 9.65. The van der Waals surface area contributed by atoms with Gasteiger partial charge in [0.1, 0.15) is 11.9 Å². The summed E-state index contributed by atoms with van der Waals surface area (Å²) in [6.07, 6.45) is 0.160. The second kappa shape index (κ2) is 5.58. The summed E-state index contributed by atoms with van der Waals surface area (Å²) in [5.74, 6) is 1.04. The number of aliphatic hydroxyl groups is 1. The summed E-state index contributed by atoms with van der Waals surface area (Å²) in [5, 5.41) is 10.4. The number of hydrogen-bond acceptors (Lipinski definition) is 2. The molecule has 0 bridgehead atoms. The molecule has 0 spiro atoms. The fourth-order valence-electron chi connectivity index (χ4n) is 2.72. The highest BCUT2D eigenvalue weighted by Crippen LogP contribution is 2.40. The van der Waals surface area contributed by atoms with E-state index in [-0.39, 0.29) is 12.0 Å². The maximum atomic E-state index is 10.4. The van der Waals surface area contributed by atoms with E-state index in [0.717, 1.165) is 15.8 Å². The minimum absolute atomic E-state index is 0.000996. The number of benzene rings is 2. The lowest BCUT2D eigenvalue weighted by molar-refractivity contribution is 0.0546. The van der Waals surface area contributed by atoms with Gasteiger partial charge in [-0.25, -0.2) is 0 Å². The average molecular weight is 333 g/mol. The summed E-state index contributed by atoms with van der Waals surface area (Å²) in [7, 11) is 0. The van der Waals surface area contributed by atoms with Gasteiger partial charge in [0.25, 0.3) is 0 Å². The molecular formula is C17H17BrO2. The van der Waals surface area contributed by atoms with Crippen molar-refractivity contribution >= 4 is 15.9 Å². The van der Waals surface area contributed by atoms with E-state index < -0.39 is 6.10 Å². The van der Waals surface area contributed by atoms with Gasteiger partial charge in [-0.05, 0) is 23.8 Å². The molecule has 0 saturated carbocycles. The van der Waals surface area contributed by atoms with Crippen LogP contribution in [0.25, 0.3) is 0 Å². The van der Waals surface area contributed by atoms with Crippen molar-refractivity contribution in [2.24, 2.45) is 0 Å². The highest BCUT2D eigenvalue weighted by Gasteiger charge is 2.31. The lowest BCUT2D eigenvalue weighted by atomic mass is 9.88. The van der Waals surface area contributed by atoms with E-state index in [1.54, 1.807) is 0 Å². The van der Waals surface area contributed by atoms with Gasteiger partial charge in [0.15, 0.2) is 0 Å². The molecule has 2 unspecified atom stereocenters. The zero-order chi connectivity index (χ0) is 14.1. The zero-order valence-corrected chi connectivity index (χ0v) is 12.9. The Morgan fingerprint density at radius 3 is 2.70 bits per heavy atom. The van der Waals surface area contributed by atoms with E-state index in [4.69, 9.17) is 4.74 Å². The van der Waals surface area contributed by atoms with Crippen LogP contribution in [0.4, 0.5) is 0 Å². The number of rotatable bonds is 2. The Bertz CT molecular complexity index is 597. The van der Waals surface area contributed by atoms with E-state index in [1.807, 2.05) is 36.4 Å². The Kier molecular flexibility index (Phi) is 3.81. The van der Waals surface area contributed by atoms with E-state index in [2.05, 4.69) is 35.0 Å². The van der Waals surface area contributed by atoms with Gasteiger partial charge in [-0.15, -0.1) is 0 Å². The van der Waals surface area contributed by atoms with Crippen LogP contribution >= 0.6 is 15.9 Å². The molecule has 3 rings (SSSR count). The summed E-state index contributed by atoms with van der Waals surface area (Å²) in [4.78, 5) is 0. The molecule has 0 aliphatic carbocycles. The molecule has 2 aromatic carbocycles. The molecule has 104 valence electrons. The predicted octanol–water partition coefficient (Wildman–Crippen LogP) is 4.44. The summed E-state index contributed by atoms with van der Waals surface area (Å²) < 4.78 is 7.06. The van der Waals surface area contributed by atoms with Crippen LogP contribution in [-0.2, 0) is 0 Å². The monoisotopic (exact) mass is 332 g/mol. The van der Waals surface area contributed by atoms with E-state index >= 15 is 0 Å². The Morgan fingerprint density at radius 2 is 1.95 bits per heavy atom. The molecule has 0 fully saturated rings. The molecule has 0 amide bonds. The summed E-state index contributed by atoms with van der Waals surface area (Å²) in [5.41, 5.74) is 2.11. The van der Waals surface area contributed by atoms with E-state index in [0.29, 0.717) is 6.42 Å². The molecule has 1 N–H and O–H groups in total. The van der Waals surface area contributed by atoms with Crippen molar-refractivity contribution in [3.05, 3.63) is 64.1 Å². The maximum Gasteiger partial charge on any atom is 0.125 e. The second-order valence-electron chi connectivity index (χ2n) is 5.29. The molecular weight excluding hydrogens is 316 g/mol. The maximum absolute atomic E-state index is 10.4. The fraction of sp³-hybridized carbons (Fsp3) is 0.294. The number of ether oxygens (including phenoxy) is 1. The molecule has 2 nitrogen and oxygen atoms in total. The molecule has 3 atom stereocenters. The zero-order valence-electron chi connectivity index (χ0n) is 11.3. The van der Waals surface area contributed by atoms with Crippen LogP contribution in [0, 0.1) is 0 Å². The highest BCUT2D eigenvalue weighted by molar-refractivity contribution is 9.10. The molecule has 1 heterocycles. The number of aliphatic hydroxyl groups excluding tert-OH is 1. The van der Waals surface area contributed by atoms with Crippen LogP contribution in [0.15, 0.2) is 53.0 Å². The van der Waals surface area contributed by atoms with Crippen LogP contribution in [-0.4, -0.2) is 11.2 Å². The molecule has 0 radical (unpaired) electrons. The van der Waals surface area contributed by atoms with Crippen LogP contribution in [0.3, 0.4) is 0 Å². The van der Waals surface area contributed by atoms with Crippen molar-refractivity contribution in [3.8, 4) is 5.75 Å². The van der Waals surface area contributed by atoms with Crippen molar-refractivity contribution in [1.29, 1.82) is 0 Å². The van der Waals surface area contributed by atoms with Crippen molar-refractivity contribution in [3.63, 3.8) is 0 Å². The van der Waals surface area contributed by atoms with E-state index in [9.17, 15) is 5.11 Å². The van der Waals surface area contributed by atoms with E-state index in [1.165, 1.54) is 5.56 Å². The van der Waals surface area contributed by atoms with Gasteiger partial charge in [-0.2, -0.15) is 0 Å². The van der Waals surface area contributed by atoms with Gasteiger partial charge < -0.3 is 9.84 Å². The largest absolute Gasteiger partial charge is 0.489 e. The van der Waals surface area contributed by atoms with Gasteiger partial charge in [-0.3, -0.25) is 0 Å². The number of hydrogen-bond donors (Lipinski definition) is 1. The molecule has 2 aromatic rings. The average Bonchev–Trinajstić information content (AvgIpc) is 2.48. The Morgan fingerprint density at radius 1 is 1.20 bits per heavy atom. The third-order valence-corrected chi connectivity index (χ3v) is 4.44. The van der Waals surface area contributed by atoms with Crippen LogP contribution in [0.1, 0.15) is 36.5 Å². The standard InChI is InChI=1S/C17H17BrO2/c1-11(12-5-3-2-4-6-12)17-10-15(19)14-9-13(18)7-8-16(14)20-17/h2-9,11,15,17,19H,10H2,1H3/t11?,15-,17?/m1/s1. The van der Waals surface area contributed by atoms with Crippen LogP contribution in [0.2, 0.25) is 0 Å². The van der Waals surface area contributed by atoms with Gasteiger partial charge in [0, 0.05) is 22.4 Å². The number of halogens is 1. The topological polar surface area (TPSA) is 29.5 Å². The lowest BCUT2D eigenvalue weighted by Crippen LogP contribution is -2.30. The van der Waals surface area contributed by atoms with Gasteiger partial charge in [-0.1, -0.05) is 53.2 Å². The quantitative estimate of drug-likeness (QED) is 0.881. The summed E-state index contributed by atoms with van der Waals surface area (Å²) >= 11 is 3.43. The van der Waals surface area contributed by atoms with Crippen molar-refractivity contribution in [1.82, 2.24) is 0 Å². The molecule has 0 aromatic heterocycles. The molecule has 3 heteroatoms. The molecule has 1 aliphatic heterocycles. The summed E-state index contributed by atoms with van der Waals surface area (Å²) in [6, 6.07) is 16.1. The first-order valence-corrected chi connectivity index (χ1v) is 7.63. The first kappa shape index (κ1) is 13.7. The third kappa shape index (κ3) is 2.60. The predicted molar refractivity (Wildman–Crippen MR) is 83.0 cm³/mol. The highest BCUT2D eigenvalue weighted by atomic mass is 79.9. The normalized spacial score (nSPS) is 22.8. The molecule has 20 heavy (non-hydrogen) atoms. The fourth-order valence-corrected chi connectivity index (χ4v) is 3.10. The van der Waals surface area contributed by atoms with Crippen molar-refractivity contribution in [2.45, 2.75) is 31.5 Å². The van der Waals surface area contributed by atoms with Crippen molar-refractivity contribution in [2.75, 3.05) is 0 Å². The smallest absolute Gasteiger partial charge is 0.125 e. The second-order valence-corrected chi connectivity index (χ2v) is 6.20. The Balaban J connectivity index is 1.86.